The van der Waals surface area contributed by atoms with Crippen LogP contribution in [0.4, 0.5) is 0 Å². The van der Waals surface area contributed by atoms with Gasteiger partial charge in [-0.05, 0) is 58.8 Å². The van der Waals surface area contributed by atoms with E-state index in [0.29, 0.717) is 24.0 Å². The second-order valence-electron chi connectivity index (χ2n) is 5.47. The summed E-state index contributed by atoms with van der Waals surface area (Å²) in [5.41, 5.74) is 0.638. The van der Waals surface area contributed by atoms with Crippen LogP contribution < -0.4 is 4.74 Å². The third-order valence-corrected chi connectivity index (χ3v) is 4.58. The third kappa shape index (κ3) is 4.42. The molecule has 0 heterocycles. The molecule has 0 aliphatic heterocycles. The molecule has 0 amide bonds. The highest BCUT2D eigenvalue weighted by atomic mass is 79.9. The second kappa shape index (κ2) is 7.76. The molecule has 2 unspecified atom stereocenters. The lowest BCUT2D eigenvalue weighted by atomic mass is 9.85. The topological polar surface area (TPSA) is 35.5 Å². The van der Waals surface area contributed by atoms with Crippen LogP contribution in [-0.4, -0.2) is 26.1 Å². The van der Waals surface area contributed by atoms with Gasteiger partial charge in [-0.3, -0.25) is 4.79 Å². The molecule has 2 atom stereocenters. The van der Waals surface area contributed by atoms with Crippen LogP contribution >= 0.6 is 15.9 Å². The number of rotatable bonds is 6. The highest BCUT2D eigenvalue weighted by Crippen LogP contribution is 2.26. The lowest BCUT2D eigenvalue weighted by Gasteiger charge is -2.24. The number of carbonyl (C=O) groups excluding carboxylic acids is 1. The fourth-order valence-corrected chi connectivity index (χ4v) is 3.01. The van der Waals surface area contributed by atoms with Gasteiger partial charge in [-0.1, -0.05) is 19.1 Å². The van der Waals surface area contributed by atoms with E-state index < -0.39 is 0 Å². The van der Waals surface area contributed by atoms with Crippen molar-refractivity contribution in [2.45, 2.75) is 19.8 Å². The maximum Gasteiger partial charge on any atom is 0.188 e. The van der Waals surface area contributed by atoms with Crippen molar-refractivity contribution in [1.29, 1.82) is 0 Å². The van der Waals surface area contributed by atoms with E-state index in [1.807, 2.05) is 0 Å². The van der Waals surface area contributed by atoms with E-state index in [0.717, 1.165) is 23.1 Å². The Morgan fingerprint density at radius 3 is 2.76 bits per heavy atom. The van der Waals surface area contributed by atoms with Crippen LogP contribution in [0.15, 0.2) is 34.8 Å². The van der Waals surface area contributed by atoms with Crippen molar-refractivity contribution in [3.05, 3.63) is 40.4 Å². The summed E-state index contributed by atoms with van der Waals surface area (Å²) < 4.78 is 11.6. The van der Waals surface area contributed by atoms with Gasteiger partial charge in [0, 0.05) is 5.56 Å². The van der Waals surface area contributed by atoms with Crippen molar-refractivity contribution in [3.63, 3.8) is 0 Å². The van der Waals surface area contributed by atoms with Crippen LogP contribution in [0.25, 0.3) is 0 Å². The number of ketones is 1. The number of Topliss-reactive ketones (excluding diaryl/α,β-unsaturated/α-hetero) is 1. The van der Waals surface area contributed by atoms with Gasteiger partial charge in [0.1, 0.15) is 12.4 Å². The molecule has 0 aromatic heterocycles. The molecule has 0 saturated carbocycles. The number of allylic oxidation sites excluding steroid dienone is 2. The molecule has 1 aromatic rings. The predicted molar refractivity (Wildman–Crippen MR) is 86.9 cm³/mol. The third-order valence-electron chi connectivity index (χ3n) is 3.96. The molecular weight excluding hydrogens is 332 g/mol. The van der Waals surface area contributed by atoms with Gasteiger partial charge in [-0.25, -0.2) is 0 Å². The first kappa shape index (κ1) is 16.2. The molecule has 2 rings (SSSR count). The predicted octanol–water partition coefficient (Wildman–Crippen LogP) is 4.26. The van der Waals surface area contributed by atoms with Crippen molar-refractivity contribution in [2.75, 3.05) is 20.3 Å². The van der Waals surface area contributed by atoms with Crippen molar-refractivity contribution in [1.82, 2.24) is 0 Å². The highest BCUT2D eigenvalue weighted by molar-refractivity contribution is 9.10. The van der Waals surface area contributed by atoms with Crippen LogP contribution in [-0.2, 0) is 4.74 Å². The zero-order valence-electron chi connectivity index (χ0n) is 12.5. The summed E-state index contributed by atoms with van der Waals surface area (Å²) in [7, 11) is 1.60. The minimum atomic E-state index is -0.00245. The van der Waals surface area contributed by atoms with Gasteiger partial charge in [-0.15, -0.1) is 0 Å². The molecule has 3 nitrogen and oxygen atoms in total. The van der Waals surface area contributed by atoms with E-state index >= 15 is 0 Å². The Morgan fingerprint density at radius 2 is 2.10 bits per heavy atom. The van der Waals surface area contributed by atoms with E-state index in [4.69, 9.17) is 9.47 Å². The Hall–Kier alpha value is -1.13. The molecule has 0 saturated heterocycles. The Bertz CT molecular complexity index is 525. The van der Waals surface area contributed by atoms with Gasteiger partial charge in [0.15, 0.2) is 5.78 Å². The normalized spacial score (nSPS) is 21.3. The fourth-order valence-electron chi connectivity index (χ4n) is 2.47. The van der Waals surface area contributed by atoms with Crippen LogP contribution in [0, 0.1) is 11.8 Å². The number of halogens is 1. The van der Waals surface area contributed by atoms with Gasteiger partial charge in [0.25, 0.3) is 0 Å². The van der Waals surface area contributed by atoms with Gasteiger partial charge < -0.3 is 9.47 Å². The Labute approximate surface area is 134 Å². The number of carbonyl (C=O) groups is 1. The van der Waals surface area contributed by atoms with E-state index in [2.05, 4.69) is 35.0 Å². The molecule has 0 bridgehead atoms. The molecule has 0 fully saturated rings. The molecular formula is C17H21BrO3. The van der Waals surface area contributed by atoms with Gasteiger partial charge in [-0.2, -0.15) is 0 Å². The standard InChI is InChI=1S/C17H21BrO3/c1-12-5-3-4-6-14(12)10-21-11-16(19)13-7-8-17(20-2)15(18)9-13/h3-4,7-9,12,14H,5-6,10-11H2,1-2H3. The van der Waals surface area contributed by atoms with Gasteiger partial charge in [0.2, 0.25) is 0 Å². The van der Waals surface area contributed by atoms with Crippen molar-refractivity contribution < 1.29 is 14.3 Å². The molecule has 0 radical (unpaired) electrons. The monoisotopic (exact) mass is 352 g/mol. The fraction of sp³-hybridized carbons (Fsp3) is 0.471. The quantitative estimate of drug-likeness (QED) is 0.566. The van der Waals surface area contributed by atoms with Gasteiger partial charge >= 0.3 is 0 Å². The molecule has 0 spiro atoms. The minimum absolute atomic E-state index is 0.00245. The zero-order valence-corrected chi connectivity index (χ0v) is 14.1. The number of benzene rings is 1. The SMILES string of the molecule is COc1ccc(C(=O)COCC2CC=CCC2C)cc1Br. The summed E-state index contributed by atoms with van der Waals surface area (Å²) in [6.07, 6.45) is 6.58. The van der Waals surface area contributed by atoms with E-state index in [9.17, 15) is 4.79 Å². The Morgan fingerprint density at radius 1 is 1.33 bits per heavy atom. The lowest BCUT2D eigenvalue weighted by molar-refractivity contribution is 0.0602. The maximum atomic E-state index is 12.1. The van der Waals surface area contributed by atoms with Crippen LogP contribution in [0.2, 0.25) is 0 Å². The van der Waals surface area contributed by atoms with E-state index in [1.165, 1.54) is 0 Å². The van der Waals surface area contributed by atoms with Crippen molar-refractivity contribution in [3.8, 4) is 5.75 Å². The number of methoxy groups -OCH3 is 1. The van der Waals surface area contributed by atoms with Crippen molar-refractivity contribution >= 4 is 21.7 Å². The summed E-state index contributed by atoms with van der Waals surface area (Å²) in [6, 6.07) is 5.32. The zero-order chi connectivity index (χ0) is 15.2. The number of hydrogen-bond donors (Lipinski definition) is 0. The van der Waals surface area contributed by atoms with E-state index in [-0.39, 0.29) is 12.4 Å². The molecule has 1 aliphatic rings. The van der Waals surface area contributed by atoms with Crippen LogP contribution in [0.1, 0.15) is 30.1 Å². The molecule has 21 heavy (non-hydrogen) atoms. The molecule has 0 N–H and O–H groups in total. The molecule has 1 aromatic carbocycles. The maximum absolute atomic E-state index is 12.1. The first-order valence-electron chi connectivity index (χ1n) is 7.21. The van der Waals surface area contributed by atoms with Gasteiger partial charge in [0.05, 0.1) is 18.2 Å². The second-order valence-corrected chi connectivity index (χ2v) is 6.32. The average molecular weight is 353 g/mol. The Balaban J connectivity index is 1.84. The smallest absolute Gasteiger partial charge is 0.188 e. The summed E-state index contributed by atoms with van der Waals surface area (Å²) in [6.45, 7) is 3.01. The van der Waals surface area contributed by atoms with Crippen molar-refractivity contribution in [2.24, 2.45) is 11.8 Å². The van der Waals surface area contributed by atoms with Crippen LogP contribution in [0.5, 0.6) is 5.75 Å². The molecule has 4 heteroatoms. The Kier molecular flexibility index (Phi) is 6.00. The first-order chi connectivity index (χ1) is 10.1. The summed E-state index contributed by atoms with van der Waals surface area (Å²) in [4.78, 5) is 12.1. The summed E-state index contributed by atoms with van der Waals surface area (Å²) in [5.74, 6) is 1.86. The summed E-state index contributed by atoms with van der Waals surface area (Å²) in [5, 5.41) is 0. The highest BCUT2D eigenvalue weighted by Gasteiger charge is 2.19. The van der Waals surface area contributed by atoms with Crippen LogP contribution in [0.3, 0.4) is 0 Å². The number of hydrogen-bond acceptors (Lipinski definition) is 3. The lowest BCUT2D eigenvalue weighted by Crippen LogP contribution is -2.21. The molecule has 114 valence electrons. The summed E-state index contributed by atoms with van der Waals surface area (Å²) >= 11 is 3.39. The first-order valence-corrected chi connectivity index (χ1v) is 8.00. The largest absolute Gasteiger partial charge is 0.496 e. The molecule has 1 aliphatic carbocycles. The minimum Gasteiger partial charge on any atom is -0.496 e. The van der Waals surface area contributed by atoms with E-state index in [1.54, 1.807) is 25.3 Å². The average Bonchev–Trinajstić information content (AvgIpc) is 2.49. The number of ether oxygens (including phenoxy) is 2.